The van der Waals surface area contributed by atoms with Crippen LogP contribution in [0.25, 0.3) is 0 Å². The summed E-state index contributed by atoms with van der Waals surface area (Å²) in [4.78, 5) is 12.5. The highest BCUT2D eigenvalue weighted by atomic mass is 32.1. The summed E-state index contributed by atoms with van der Waals surface area (Å²) >= 11 is 1.80. The topological polar surface area (TPSA) is 41.1 Å². The van der Waals surface area contributed by atoms with E-state index in [1.807, 2.05) is 12.4 Å². The third-order valence-electron chi connectivity index (χ3n) is 3.28. The molecule has 2 aromatic heterocycles. The van der Waals surface area contributed by atoms with Crippen LogP contribution in [0.5, 0.6) is 0 Å². The van der Waals surface area contributed by atoms with Gasteiger partial charge in [-0.3, -0.25) is 4.98 Å². The average molecular weight is 304 g/mol. The first-order valence-corrected chi connectivity index (χ1v) is 8.35. The number of aromatic nitrogens is 2. The van der Waals surface area contributed by atoms with Gasteiger partial charge in [-0.15, -0.1) is 11.3 Å². The second-order valence-electron chi connectivity index (χ2n) is 5.11. The molecule has 0 amide bonds. The summed E-state index contributed by atoms with van der Waals surface area (Å²) < 4.78 is 0. The van der Waals surface area contributed by atoms with Gasteiger partial charge in [0.1, 0.15) is 0 Å². The van der Waals surface area contributed by atoms with Crippen molar-refractivity contribution in [3.8, 4) is 0 Å². The third kappa shape index (κ3) is 4.51. The molecule has 21 heavy (non-hydrogen) atoms. The van der Waals surface area contributed by atoms with E-state index in [0.717, 1.165) is 37.6 Å². The lowest BCUT2D eigenvalue weighted by atomic mass is 10.2. The van der Waals surface area contributed by atoms with E-state index in [0.29, 0.717) is 0 Å². The molecule has 2 aromatic rings. The van der Waals surface area contributed by atoms with Gasteiger partial charge in [-0.05, 0) is 30.7 Å². The molecule has 0 aromatic carbocycles. The van der Waals surface area contributed by atoms with E-state index in [1.54, 1.807) is 11.3 Å². The van der Waals surface area contributed by atoms with Crippen LogP contribution in [0.3, 0.4) is 0 Å². The maximum atomic E-state index is 4.84. The molecule has 5 heteroatoms. The quantitative estimate of drug-likeness (QED) is 0.813. The first kappa shape index (κ1) is 15.9. The fourth-order valence-electron chi connectivity index (χ4n) is 2.17. The Labute approximate surface area is 131 Å². The van der Waals surface area contributed by atoms with Gasteiger partial charge < -0.3 is 10.2 Å². The van der Waals surface area contributed by atoms with Crippen molar-refractivity contribution in [3.63, 3.8) is 0 Å². The maximum absolute atomic E-state index is 4.84. The monoisotopic (exact) mass is 304 g/mol. The number of anilines is 1. The van der Waals surface area contributed by atoms with E-state index in [9.17, 15) is 0 Å². The largest absolute Gasteiger partial charge is 0.347 e. The molecule has 0 aliphatic rings. The van der Waals surface area contributed by atoms with E-state index in [1.165, 1.54) is 16.1 Å². The molecule has 4 nitrogen and oxygen atoms in total. The lowest BCUT2D eigenvalue weighted by Gasteiger charge is -2.15. The zero-order valence-electron chi connectivity index (χ0n) is 13.1. The zero-order chi connectivity index (χ0) is 15.1. The van der Waals surface area contributed by atoms with Crippen LogP contribution < -0.4 is 10.2 Å². The van der Waals surface area contributed by atoms with Crippen LogP contribution in [-0.4, -0.2) is 23.6 Å². The van der Waals surface area contributed by atoms with Gasteiger partial charge in [-0.1, -0.05) is 20.3 Å². The molecule has 0 fully saturated rings. The minimum atomic E-state index is 0.863. The van der Waals surface area contributed by atoms with Crippen molar-refractivity contribution >= 4 is 16.5 Å². The van der Waals surface area contributed by atoms with Crippen molar-refractivity contribution in [2.24, 2.45) is 0 Å². The Kier molecular flexibility index (Phi) is 6.14. The Morgan fingerprint density at radius 3 is 2.67 bits per heavy atom. The van der Waals surface area contributed by atoms with Gasteiger partial charge in [0, 0.05) is 37.4 Å². The van der Waals surface area contributed by atoms with Crippen LogP contribution in [0.1, 0.15) is 36.4 Å². The van der Waals surface area contributed by atoms with Crippen molar-refractivity contribution in [1.29, 1.82) is 0 Å². The van der Waals surface area contributed by atoms with E-state index in [-0.39, 0.29) is 0 Å². The van der Waals surface area contributed by atoms with E-state index < -0.39 is 0 Å². The molecular formula is C16H24N4S. The number of aryl methyl sites for hydroxylation is 1. The standard InChI is InChI=1S/C16H24N4S/c1-4-6-14-15(11-17-5-2)21-16(19-14)20(3)12-13-7-9-18-10-8-13/h7-10,17H,4-6,11-12H2,1-3H3. The van der Waals surface area contributed by atoms with Crippen LogP contribution in [-0.2, 0) is 19.5 Å². The van der Waals surface area contributed by atoms with Crippen molar-refractivity contribution in [2.45, 2.75) is 39.8 Å². The predicted octanol–water partition coefficient (Wildman–Crippen LogP) is 3.24. The molecule has 0 atom stereocenters. The van der Waals surface area contributed by atoms with Gasteiger partial charge in [0.05, 0.1) is 5.69 Å². The second-order valence-corrected chi connectivity index (χ2v) is 6.17. The molecular weight excluding hydrogens is 280 g/mol. The number of hydrogen-bond acceptors (Lipinski definition) is 5. The number of nitrogens with one attached hydrogen (secondary N) is 1. The molecule has 0 radical (unpaired) electrons. The molecule has 1 N–H and O–H groups in total. The summed E-state index contributed by atoms with van der Waals surface area (Å²) in [5.41, 5.74) is 2.51. The van der Waals surface area contributed by atoms with Crippen LogP contribution in [0.15, 0.2) is 24.5 Å². The van der Waals surface area contributed by atoms with Crippen LogP contribution in [0, 0.1) is 0 Å². The average Bonchev–Trinajstić information content (AvgIpc) is 2.90. The van der Waals surface area contributed by atoms with Crippen molar-refractivity contribution in [1.82, 2.24) is 15.3 Å². The van der Waals surface area contributed by atoms with Crippen LogP contribution in [0.4, 0.5) is 5.13 Å². The molecule has 0 aliphatic heterocycles. The zero-order valence-corrected chi connectivity index (χ0v) is 13.9. The smallest absolute Gasteiger partial charge is 0.185 e. The molecule has 0 spiro atoms. The van der Waals surface area contributed by atoms with Gasteiger partial charge in [-0.2, -0.15) is 0 Å². The summed E-state index contributed by atoms with van der Waals surface area (Å²) in [6, 6.07) is 4.10. The van der Waals surface area contributed by atoms with E-state index >= 15 is 0 Å². The van der Waals surface area contributed by atoms with Gasteiger partial charge in [0.15, 0.2) is 5.13 Å². The third-order valence-corrected chi connectivity index (χ3v) is 4.50. The maximum Gasteiger partial charge on any atom is 0.185 e. The first-order chi connectivity index (χ1) is 10.2. The van der Waals surface area contributed by atoms with E-state index in [2.05, 4.69) is 48.2 Å². The highest BCUT2D eigenvalue weighted by Crippen LogP contribution is 2.27. The van der Waals surface area contributed by atoms with Crippen molar-refractivity contribution in [2.75, 3.05) is 18.5 Å². The first-order valence-electron chi connectivity index (χ1n) is 7.53. The van der Waals surface area contributed by atoms with Crippen molar-refractivity contribution in [3.05, 3.63) is 40.7 Å². The molecule has 2 heterocycles. The van der Waals surface area contributed by atoms with Crippen LogP contribution in [0.2, 0.25) is 0 Å². The van der Waals surface area contributed by atoms with Crippen LogP contribution >= 0.6 is 11.3 Å². The fraction of sp³-hybridized carbons (Fsp3) is 0.500. The Bertz CT molecular complexity index is 538. The summed E-state index contributed by atoms with van der Waals surface area (Å²) in [6.45, 7) is 7.12. The second kappa shape index (κ2) is 8.10. The van der Waals surface area contributed by atoms with Gasteiger partial charge in [0.25, 0.3) is 0 Å². The van der Waals surface area contributed by atoms with E-state index in [4.69, 9.17) is 4.98 Å². The molecule has 0 aliphatic carbocycles. The molecule has 0 unspecified atom stereocenters. The Morgan fingerprint density at radius 1 is 1.24 bits per heavy atom. The number of pyridine rings is 1. The van der Waals surface area contributed by atoms with Gasteiger partial charge in [-0.25, -0.2) is 4.98 Å². The number of nitrogens with zero attached hydrogens (tertiary/aromatic N) is 3. The van der Waals surface area contributed by atoms with Gasteiger partial charge in [0.2, 0.25) is 0 Å². The lowest BCUT2D eigenvalue weighted by Crippen LogP contribution is -2.16. The molecule has 114 valence electrons. The molecule has 0 saturated carbocycles. The highest BCUT2D eigenvalue weighted by molar-refractivity contribution is 7.15. The minimum absolute atomic E-state index is 0.863. The normalized spacial score (nSPS) is 10.8. The highest BCUT2D eigenvalue weighted by Gasteiger charge is 2.13. The summed E-state index contributed by atoms with van der Waals surface area (Å²) in [5.74, 6) is 0. The summed E-state index contributed by atoms with van der Waals surface area (Å²) in [6.07, 6.45) is 5.87. The Hall–Kier alpha value is -1.46. The Balaban J connectivity index is 2.10. The van der Waals surface area contributed by atoms with Gasteiger partial charge >= 0.3 is 0 Å². The number of rotatable bonds is 8. The SMILES string of the molecule is CCCc1nc(N(C)Cc2ccncc2)sc1CNCC. The number of hydrogen-bond donors (Lipinski definition) is 1. The van der Waals surface area contributed by atoms with Crippen molar-refractivity contribution < 1.29 is 0 Å². The predicted molar refractivity (Wildman–Crippen MR) is 89.8 cm³/mol. The summed E-state index contributed by atoms with van der Waals surface area (Å²) in [5, 5.41) is 4.51. The Morgan fingerprint density at radius 2 is 2.00 bits per heavy atom. The lowest BCUT2D eigenvalue weighted by molar-refractivity contribution is 0.723. The molecule has 0 saturated heterocycles. The fourth-order valence-corrected chi connectivity index (χ4v) is 3.21. The minimum Gasteiger partial charge on any atom is -0.347 e. The number of thiazole rings is 1. The molecule has 2 rings (SSSR count). The molecule has 0 bridgehead atoms. The summed E-state index contributed by atoms with van der Waals surface area (Å²) in [7, 11) is 2.10.